The van der Waals surface area contributed by atoms with Gasteiger partial charge in [-0.25, -0.2) is 4.79 Å². The summed E-state index contributed by atoms with van der Waals surface area (Å²) in [5, 5.41) is 9.22. The molecule has 0 amide bonds. The number of benzene rings is 3. The molecule has 3 aromatic carbocycles. The molecule has 3 heteroatoms. The lowest BCUT2D eigenvalue weighted by atomic mass is 10.0. The average molecular weight is 383 g/mol. The molecule has 0 radical (unpaired) electrons. The lowest BCUT2D eigenvalue weighted by Gasteiger charge is -2.11. The maximum absolute atomic E-state index is 12.7. The number of esters is 1. The van der Waals surface area contributed by atoms with Gasteiger partial charge in [-0.2, -0.15) is 5.26 Å². The first kappa shape index (κ1) is 20.4. The fourth-order valence-electron chi connectivity index (χ4n) is 3.25. The first-order valence-corrected chi connectivity index (χ1v) is 10.1. The van der Waals surface area contributed by atoms with Crippen molar-refractivity contribution in [3.05, 3.63) is 89.5 Å². The van der Waals surface area contributed by atoms with Crippen molar-refractivity contribution in [3.8, 4) is 22.9 Å². The molecule has 0 saturated carbocycles. The summed E-state index contributed by atoms with van der Waals surface area (Å²) in [6.45, 7) is 2.20. The number of aryl methyl sites for hydroxylation is 1. The monoisotopic (exact) mass is 383 g/mol. The van der Waals surface area contributed by atoms with E-state index in [0.717, 1.165) is 17.5 Å². The number of nitrogens with zero attached hydrogens (tertiary/aromatic N) is 1. The van der Waals surface area contributed by atoms with Gasteiger partial charge in [0, 0.05) is 5.56 Å². The molecule has 0 unspecified atom stereocenters. The van der Waals surface area contributed by atoms with E-state index in [4.69, 9.17) is 4.74 Å². The van der Waals surface area contributed by atoms with Crippen LogP contribution in [0.1, 0.15) is 54.1 Å². The molecule has 0 fully saturated rings. The van der Waals surface area contributed by atoms with E-state index in [1.165, 1.54) is 31.2 Å². The van der Waals surface area contributed by atoms with E-state index in [-0.39, 0.29) is 0 Å². The molecule has 0 aliphatic rings. The molecular weight excluding hydrogens is 358 g/mol. The van der Waals surface area contributed by atoms with E-state index in [2.05, 4.69) is 13.0 Å². The summed E-state index contributed by atoms with van der Waals surface area (Å²) in [4.78, 5) is 12.7. The summed E-state index contributed by atoms with van der Waals surface area (Å²) in [5.74, 6) is -0.0290. The molecule has 3 rings (SSSR count). The van der Waals surface area contributed by atoms with Crippen LogP contribution in [0.25, 0.3) is 11.1 Å². The minimum atomic E-state index is -0.421. The van der Waals surface area contributed by atoms with E-state index in [1.54, 1.807) is 12.1 Å². The average Bonchev–Trinajstić information content (AvgIpc) is 2.77. The van der Waals surface area contributed by atoms with E-state index >= 15 is 0 Å². The second kappa shape index (κ2) is 10.2. The molecule has 3 aromatic rings. The summed E-state index contributed by atoms with van der Waals surface area (Å²) >= 11 is 0. The van der Waals surface area contributed by atoms with E-state index in [1.807, 2.05) is 60.7 Å². The number of unbranched alkanes of at least 4 members (excludes halogenated alkanes) is 3. The number of carbonyl (C=O) groups is 1. The van der Waals surface area contributed by atoms with Gasteiger partial charge in [0.2, 0.25) is 0 Å². The lowest BCUT2D eigenvalue weighted by Crippen LogP contribution is -2.09. The number of hydrogen-bond donors (Lipinski definition) is 0. The number of nitriles is 1. The first-order chi connectivity index (χ1) is 14.2. The Morgan fingerprint density at radius 3 is 2.38 bits per heavy atom. The Bertz CT molecular complexity index is 985. The van der Waals surface area contributed by atoms with Crippen molar-refractivity contribution < 1.29 is 9.53 Å². The molecule has 146 valence electrons. The molecule has 0 bridgehead atoms. The first-order valence-electron chi connectivity index (χ1n) is 10.1. The molecule has 0 atom stereocenters. The third-order valence-electron chi connectivity index (χ3n) is 4.91. The van der Waals surface area contributed by atoms with Crippen molar-refractivity contribution in [1.29, 1.82) is 5.26 Å². The second-order valence-electron chi connectivity index (χ2n) is 7.09. The van der Waals surface area contributed by atoms with Gasteiger partial charge in [-0.3, -0.25) is 0 Å². The molecular formula is C26H25NO2. The van der Waals surface area contributed by atoms with Crippen molar-refractivity contribution in [2.45, 2.75) is 39.0 Å². The number of carbonyl (C=O) groups excluding carboxylic acids is 1. The Morgan fingerprint density at radius 1 is 0.931 bits per heavy atom. The standard InChI is InChI=1S/C26H25NO2/c1-2-3-4-6-9-20-12-15-23(16-13-20)26(28)29-25-18-21(19-27)14-17-24(25)22-10-7-5-8-11-22/h5,7-8,10-18H,2-4,6,9H2,1H3. The van der Waals surface area contributed by atoms with Crippen LogP contribution in [0.2, 0.25) is 0 Å². The van der Waals surface area contributed by atoms with Gasteiger partial charge in [0.05, 0.1) is 17.2 Å². The SMILES string of the molecule is CCCCCCc1ccc(C(=O)Oc2cc(C#N)ccc2-c2ccccc2)cc1. The van der Waals surface area contributed by atoms with Crippen LogP contribution in [0.3, 0.4) is 0 Å². The highest BCUT2D eigenvalue weighted by atomic mass is 16.5. The highest BCUT2D eigenvalue weighted by molar-refractivity contribution is 5.92. The van der Waals surface area contributed by atoms with Crippen LogP contribution in [-0.4, -0.2) is 5.97 Å². The predicted molar refractivity (Wildman–Crippen MR) is 116 cm³/mol. The van der Waals surface area contributed by atoms with Crippen molar-refractivity contribution in [2.75, 3.05) is 0 Å². The van der Waals surface area contributed by atoms with E-state index < -0.39 is 5.97 Å². The van der Waals surface area contributed by atoms with Crippen LogP contribution in [0, 0.1) is 11.3 Å². The van der Waals surface area contributed by atoms with Crippen LogP contribution in [0.5, 0.6) is 5.75 Å². The third-order valence-corrected chi connectivity index (χ3v) is 4.91. The van der Waals surface area contributed by atoms with Crippen LogP contribution in [0.4, 0.5) is 0 Å². The highest BCUT2D eigenvalue weighted by Gasteiger charge is 2.14. The van der Waals surface area contributed by atoms with E-state index in [0.29, 0.717) is 16.9 Å². The van der Waals surface area contributed by atoms with Gasteiger partial charge in [0.15, 0.2) is 0 Å². The van der Waals surface area contributed by atoms with Crippen LogP contribution in [0.15, 0.2) is 72.8 Å². The lowest BCUT2D eigenvalue weighted by molar-refractivity contribution is 0.0735. The zero-order chi connectivity index (χ0) is 20.5. The minimum absolute atomic E-state index is 0.392. The van der Waals surface area contributed by atoms with Gasteiger partial charge in [-0.15, -0.1) is 0 Å². The molecule has 0 N–H and O–H groups in total. The molecule has 0 spiro atoms. The Hall–Kier alpha value is -3.38. The molecule has 0 aromatic heterocycles. The molecule has 0 aliphatic heterocycles. The van der Waals surface area contributed by atoms with Crippen LogP contribution >= 0.6 is 0 Å². The number of rotatable bonds is 8. The van der Waals surface area contributed by atoms with Gasteiger partial charge in [-0.1, -0.05) is 68.7 Å². The zero-order valence-corrected chi connectivity index (χ0v) is 16.7. The van der Waals surface area contributed by atoms with Crippen molar-refractivity contribution in [1.82, 2.24) is 0 Å². The summed E-state index contributed by atoms with van der Waals surface area (Å²) in [6.07, 6.45) is 5.91. The minimum Gasteiger partial charge on any atom is -0.422 e. The molecule has 3 nitrogen and oxygen atoms in total. The van der Waals surface area contributed by atoms with Gasteiger partial charge in [0.1, 0.15) is 5.75 Å². The Morgan fingerprint density at radius 2 is 1.69 bits per heavy atom. The number of ether oxygens (including phenoxy) is 1. The van der Waals surface area contributed by atoms with Crippen LogP contribution < -0.4 is 4.74 Å². The fraction of sp³-hybridized carbons (Fsp3) is 0.231. The smallest absolute Gasteiger partial charge is 0.343 e. The zero-order valence-electron chi connectivity index (χ0n) is 16.7. The van der Waals surface area contributed by atoms with Crippen molar-refractivity contribution >= 4 is 5.97 Å². The fourth-order valence-corrected chi connectivity index (χ4v) is 3.25. The molecule has 0 heterocycles. The second-order valence-corrected chi connectivity index (χ2v) is 7.09. The third kappa shape index (κ3) is 5.56. The maximum atomic E-state index is 12.7. The Labute approximate surface area is 172 Å². The summed E-state index contributed by atoms with van der Waals surface area (Å²) in [7, 11) is 0. The van der Waals surface area contributed by atoms with Gasteiger partial charge in [0.25, 0.3) is 0 Å². The van der Waals surface area contributed by atoms with Gasteiger partial charge < -0.3 is 4.74 Å². The maximum Gasteiger partial charge on any atom is 0.343 e. The van der Waals surface area contributed by atoms with E-state index in [9.17, 15) is 10.1 Å². The largest absolute Gasteiger partial charge is 0.422 e. The van der Waals surface area contributed by atoms with Crippen molar-refractivity contribution in [3.63, 3.8) is 0 Å². The van der Waals surface area contributed by atoms with Crippen molar-refractivity contribution in [2.24, 2.45) is 0 Å². The summed E-state index contributed by atoms with van der Waals surface area (Å²) in [5.41, 5.74) is 3.90. The molecule has 0 aliphatic carbocycles. The van der Waals surface area contributed by atoms with Gasteiger partial charge >= 0.3 is 5.97 Å². The number of hydrogen-bond acceptors (Lipinski definition) is 3. The topological polar surface area (TPSA) is 50.1 Å². The highest BCUT2D eigenvalue weighted by Crippen LogP contribution is 2.31. The van der Waals surface area contributed by atoms with Gasteiger partial charge in [-0.05, 0) is 54.3 Å². The summed E-state index contributed by atoms with van der Waals surface area (Å²) < 4.78 is 5.69. The van der Waals surface area contributed by atoms with Crippen LogP contribution in [-0.2, 0) is 6.42 Å². The Kier molecular flexibility index (Phi) is 7.19. The molecule has 0 saturated heterocycles. The normalized spacial score (nSPS) is 10.3. The quantitative estimate of drug-likeness (QED) is 0.251. The Balaban J connectivity index is 1.75. The molecule has 29 heavy (non-hydrogen) atoms. The predicted octanol–water partition coefficient (Wildman–Crippen LogP) is 6.57. The summed E-state index contributed by atoms with van der Waals surface area (Å²) in [6, 6.07) is 24.6.